The van der Waals surface area contributed by atoms with Gasteiger partial charge >= 0.3 is 5.97 Å². The van der Waals surface area contributed by atoms with Crippen LogP contribution in [0.15, 0.2) is 65.6 Å². The Bertz CT molecular complexity index is 1800. The summed E-state index contributed by atoms with van der Waals surface area (Å²) in [4.78, 5) is 25.8. The highest BCUT2D eigenvalue weighted by Gasteiger charge is 2.24. The molecule has 1 fully saturated rings. The molecule has 0 aliphatic carbocycles. The molecule has 3 aromatic carbocycles. The zero-order valence-corrected chi connectivity index (χ0v) is 24.3. The van der Waals surface area contributed by atoms with E-state index < -0.39 is 16.0 Å². The van der Waals surface area contributed by atoms with Gasteiger partial charge in [-0.05, 0) is 68.9 Å². The highest BCUT2D eigenvalue weighted by molar-refractivity contribution is 7.89. The van der Waals surface area contributed by atoms with Crippen molar-refractivity contribution in [2.24, 2.45) is 0 Å². The Morgan fingerprint density at radius 2 is 1.69 bits per heavy atom. The van der Waals surface area contributed by atoms with Gasteiger partial charge in [0.1, 0.15) is 6.07 Å². The molecule has 1 saturated heterocycles. The van der Waals surface area contributed by atoms with Crippen molar-refractivity contribution in [2.45, 2.75) is 24.8 Å². The van der Waals surface area contributed by atoms with E-state index >= 15 is 0 Å². The summed E-state index contributed by atoms with van der Waals surface area (Å²) in [6.45, 7) is 6.36. The van der Waals surface area contributed by atoms with Crippen molar-refractivity contribution in [3.05, 3.63) is 83.0 Å². The van der Waals surface area contributed by atoms with E-state index in [1.807, 2.05) is 30.9 Å². The smallest absolute Gasteiger partial charge is 0.337 e. The van der Waals surface area contributed by atoms with Gasteiger partial charge < -0.3 is 20.2 Å². The first-order chi connectivity index (χ1) is 20.1. The summed E-state index contributed by atoms with van der Waals surface area (Å²) in [5, 5.41) is 22.9. The van der Waals surface area contributed by atoms with E-state index in [-0.39, 0.29) is 22.2 Å². The molecule has 0 bridgehead atoms. The molecule has 5 rings (SSSR count). The number of aromatic carboxylic acids is 1. The van der Waals surface area contributed by atoms with Crippen LogP contribution in [0.25, 0.3) is 11.0 Å². The van der Waals surface area contributed by atoms with Crippen molar-refractivity contribution >= 4 is 44.2 Å². The van der Waals surface area contributed by atoms with Crippen LogP contribution >= 0.6 is 0 Å². The molecule has 42 heavy (non-hydrogen) atoms. The molecule has 0 spiro atoms. The molecule has 1 aliphatic heterocycles. The van der Waals surface area contributed by atoms with E-state index in [9.17, 15) is 23.6 Å². The standard InChI is InChI=1S/C30H31N7O4S/c1-19-16-24(20(2)33-25-7-5-4-6-23(25)30(38)39)28-26(17-19)34-27(18-31)29(35-28)37-14-12-36(13-15-37)21-8-10-22(11-9-21)42(40,41)32-3/h4-11,16-17,20,32-33H,12-15H2,1-3H3,(H,38,39)/t20-/m1/s1. The lowest BCUT2D eigenvalue weighted by Crippen LogP contribution is -2.47. The lowest BCUT2D eigenvalue weighted by Gasteiger charge is -2.37. The number of hydrogen-bond acceptors (Lipinski definition) is 9. The lowest BCUT2D eigenvalue weighted by atomic mass is 10.0. The van der Waals surface area contributed by atoms with E-state index in [2.05, 4.69) is 26.0 Å². The van der Waals surface area contributed by atoms with Crippen LogP contribution in [-0.4, -0.2) is 62.7 Å². The average Bonchev–Trinajstić information content (AvgIpc) is 3.00. The molecule has 3 N–H and O–H groups in total. The topological polar surface area (TPSA) is 152 Å². The number of rotatable bonds is 8. The van der Waals surface area contributed by atoms with Gasteiger partial charge in [0, 0.05) is 43.1 Å². The molecule has 11 nitrogen and oxygen atoms in total. The average molecular weight is 586 g/mol. The van der Waals surface area contributed by atoms with Gasteiger partial charge in [0.05, 0.1) is 27.5 Å². The van der Waals surface area contributed by atoms with Crippen molar-refractivity contribution in [1.82, 2.24) is 14.7 Å². The predicted molar refractivity (Wildman–Crippen MR) is 162 cm³/mol. The fourth-order valence-corrected chi connectivity index (χ4v) is 5.92. The van der Waals surface area contributed by atoms with Crippen LogP contribution in [0.1, 0.15) is 40.1 Å². The first kappa shape index (κ1) is 28.8. The van der Waals surface area contributed by atoms with Crippen molar-refractivity contribution in [3.8, 4) is 6.07 Å². The maximum absolute atomic E-state index is 12.1. The largest absolute Gasteiger partial charge is 0.478 e. The van der Waals surface area contributed by atoms with Gasteiger partial charge in [0.2, 0.25) is 10.0 Å². The fourth-order valence-electron chi connectivity index (χ4n) is 5.19. The number of sulfonamides is 1. The van der Waals surface area contributed by atoms with Crippen LogP contribution in [0.5, 0.6) is 0 Å². The quantitative estimate of drug-likeness (QED) is 0.277. The highest BCUT2D eigenvalue weighted by Crippen LogP contribution is 2.31. The van der Waals surface area contributed by atoms with E-state index in [1.165, 1.54) is 7.05 Å². The van der Waals surface area contributed by atoms with E-state index in [0.717, 1.165) is 16.8 Å². The monoisotopic (exact) mass is 585 g/mol. The third kappa shape index (κ3) is 5.70. The number of nitriles is 1. The summed E-state index contributed by atoms with van der Waals surface area (Å²) in [6.07, 6.45) is 0. The first-order valence-electron chi connectivity index (χ1n) is 13.5. The predicted octanol–water partition coefficient (Wildman–Crippen LogP) is 3.92. The molecular weight excluding hydrogens is 554 g/mol. The van der Waals surface area contributed by atoms with Crippen LogP contribution in [0.3, 0.4) is 0 Å². The Hall–Kier alpha value is -4.73. The number of piperazine rings is 1. The number of anilines is 3. The van der Waals surface area contributed by atoms with Crippen molar-refractivity contribution in [1.29, 1.82) is 5.26 Å². The van der Waals surface area contributed by atoms with Crippen molar-refractivity contribution in [2.75, 3.05) is 48.3 Å². The number of carboxylic acid groups (broad SMARTS) is 1. The Kier molecular flexibility index (Phi) is 7.98. The Labute approximate surface area is 244 Å². The number of carbonyl (C=O) groups is 1. The highest BCUT2D eigenvalue weighted by atomic mass is 32.2. The maximum atomic E-state index is 12.1. The Balaban J connectivity index is 1.42. The molecular formula is C30H31N7O4S. The molecule has 1 aromatic heterocycles. The molecule has 216 valence electrons. The van der Waals surface area contributed by atoms with Crippen LogP contribution in [0.2, 0.25) is 0 Å². The second kappa shape index (κ2) is 11.6. The minimum absolute atomic E-state index is 0.177. The molecule has 4 aromatic rings. The SMILES string of the molecule is CNS(=O)(=O)c1ccc(N2CCN(c3nc4c([C@@H](C)Nc5ccccc5C(=O)O)cc(C)cc4nc3C#N)CC2)cc1. The van der Waals surface area contributed by atoms with Gasteiger partial charge in [-0.1, -0.05) is 18.2 Å². The number of hydrogen-bond donors (Lipinski definition) is 3. The molecule has 1 aliphatic rings. The molecule has 1 atom stereocenters. The van der Waals surface area contributed by atoms with Crippen LogP contribution in [0, 0.1) is 18.3 Å². The molecule has 2 heterocycles. The Morgan fingerprint density at radius 1 is 1.02 bits per heavy atom. The van der Waals surface area contributed by atoms with Gasteiger partial charge in [-0.2, -0.15) is 5.26 Å². The molecule has 0 amide bonds. The second-order valence-electron chi connectivity index (χ2n) is 10.1. The zero-order valence-electron chi connectivity index (χ0n) is 23.5. The van der Waals surface area contributed by atoms with Gasteiger partial charge in [0.15, 0.2) is 11.5 Å². The van der Waals surface area contributed by atoms with Crippen molar-refractivity contribution in [3.63, 3.8) is 0 Å². The molecule has 0 unspecified atom stereocenters. The third-order valence-corrected chi connectivity index (χ3v) is 8.82. The summed E-state index contributed by atoms with van der Waals surface area (Å²) in [5.74, 6) is -0.512. The normalized spacial score (nSPS) is 14.4. The van der Waals surface area contributed by atoms with Crippen LogP contribution in [-0.2, 0) is 10.0 Å². The van der Waals surface area contributed by atoms with Crippen LogP contribution < -0.4 is 19.8 Å². The van der Waals surface area contributed by atoms with Gasteiger partial charge in [0.25, 0.3) is 0 Å². The maximum Gasteiger partial charge on any atom is 0.337 e. The lowest BCUT2D eigenvalue weighted by molar-refractivity contribution is 0.0698. The Morgan fingerprint density at radius 3 is 2.33 bits per heavy atom. The summed E-state index contributed by atoms with van der Waals surface area (Å²) in [5.41, 5.74) is 4.87. The van der Waals surface area contributed by atoms with E-state index in [1.54, 1.807) is 48.5 Å². The number of nitrogens with zero attached hydrogens (tertiary/aromatic N) is 5. The minimum Gasteiger partial charge on any atom is -0.478 e. The van der Waals surface area contributed by atoms with Crippen molar-refractivity contribution < 1.29 is 18.3 Å². The van der Waals surface area contributed by atoms with E-state index in [4.69, 9.17) is 4.98 Å². The fraction of sp³-hybridized carbons (Fsp3) is 0.267. The number of nitrogens with one attached hydrogen (secondary N) is 2. The molecule has 0 saturated carbocycles. The summed E-state index contributed by atoms with van der Waals surface area (Å²) >= 11 is 0. The second-order valence-corrected chi connectivity index (χ2v) is 12.0. The molecule has 12 heteroatoms. The summed E-state index contributed by atoms with van der Waals surface area (Å²) in [7, 11) is -2.12. The number of para-hydroxylation sites is 1. The third-order valence-electron chi connectivity index (χ3n) is 7.39. The summed E-state index contributed by atoms with van der Waals surface area (Å²) in [6, 6.07) is 19.3. The van der Waals surface area contributed by atoms with E-state index in [0.29, 0.717) is 48.7 Å². The molecule has 0 radical (unpaired) electrons. The number of aromatic nitrogens is 2. The van der Waals surface area contributed by atoms with Gasteiger partial charge in [-0.3, -0.25) is 0 Å². The van der Waals surface area contributed by atoms with Crippen LogP contribution in [0.4, 0.5) is 17.2 Å². The number of aryl methyl sites for hydroxylation is 1. The summed E-state index contributed by atoms with van der Waals surface area (Å²) < 4.78 is 26.4. The first-order valence-corrected chi connectivity index (χ1v) is 14.9. The zero-order chi connectivity index (χ0) is 30.0. The minimum atomic E-state index is -3.51. The number of carboxylic acids is 1. The number of benzene rings is 3. The number of fused-ring (bicyclic) bond motifs is 1. The van der Waals surface area contributed by atoms with Gasteiger partial charge in [-0.15, -0.1) is 0 Å². The van der Waals surface area contributed by atoms with Gasteiger partial charge in [-0.25, -0.2) is 27.9 Å².